The average Bonchev–Trinajstić information content (AvgIpc) is 3.03. The van der Waals surface area contributed by atoms with Crippen molar-refractivity contribution in [2.24, 2.45) is 0 Å². The lowest BCUT2D eigenvalue weighted by molar-refractivity contribution is 0.208. The van der Waals surface area contributed by atoms with Crippen LogP contribution in [-0.4, -0.2) is 30.1 Å². The second-order valence-corrected chi connectivity index (χ2v) is 5.21. The fraction of sp³-hybridized carbons (Fsp3) is 0.500. The molecule has 1 atom stereocenters. The maximum Gasteiger partial charge on any atom is 0.317 e. The van der Waals surface area contributed by atoms with E-state index in [0.29, 0.717) is 12.6 Å². The molecule has 1 N–H and O–H groups in total. The SMILES string of the molecule is O=C(NC1CC1)N1CCC(c2cccc(F)c2)C1. The van der Waals surface area contributed by atoms with Gasteiger partial charge in [-0.1, -0.05) is 12.1 Å². The van der Waals surface area contributed by atoms with Gasteiger partial charge in [-0.2, -0.15) is 0 Å². The molecule has 0 bridgehead atoms. The average molecular weight is 248 g/mol. The molecule has 1 aromatic carbocycles. The van der Waals surface area contributed by atoms with Crippen LogP contribution in [-0.2, 0) is 0 Å². The van der Waals surface area contributed by atoms with E-state index < -0.39 is 0 Å². The number of hydrogen-bond donors (Lipinski definition) is 1. The summed E-state index contributed by atoms with van der Waals surface area (Å²) < 4.78 is 13.2. The van der Waals surface area contributed by atoms with Crippen LogP contribution in [0, 0.1) is 5.82 Å². The number of nitrogens with zero attached hydrogens (tertiary/aromatic N) is 1. The molecule has 0 radical (unpaired) electrons. The molecule has 3 nitrogen and oxygen atoms in total. The first-order valence-electron chi connectivity index (χ1n) is 6.53. The van der Waals surface area contributed by atoms with Crippen LogP contribution in [0.25, 0.3) is 0 Å². The summed E-state index contributed by atoms with van der Waals surface area (Å²) in [6.45, 7) is 1.46. The van der Waals surface area contributed by atoms with Crippen LogP contribution in [0.2, 0.25) is 0 Å². The number of amides is 2. The van der Waals surface area contributed by atoms with Crippen LogP contribution in [0.15, 0.2) is 24.3 Å². The van der Waals surface area contributed by atoms with Crippen molar-refractivity contribution in [2.45, 2.75) is 31.2 Å². The van der Waals surface area contributed by atoms with Gasteiger partial charge in [0.25, 0.3) is 0 Å². The number of carbonyl (C=O) groups excluding carboxylic acids is 1. The van der Waals surface area contributed by atoms with E-state index in [-0.39, 0.29) is 17.8 Å². The lowest BCUT2D eigenvalue weighted by atomic mass is 9.98. The van der Waals surface area contributed by atoms with Crippen LogP contribution in [0.4, 0.5) is 9.18 Å². The summed E-state index contributed by atoms with van der Waals surface area (Å²) in [6, 6.07) is 7.14. The Kier molecular flexibility index (Phi) is 2.94. The molecule has 1 heterocycles. The van der Waals surface area contributed by atoms with E-state index in [2.05, 4.69) is 5.32 Å². The van der Waals surface area contributed by atoms with E-state index in [1.165, 1.54) is 6.07 Å². The number of urea groups is 1. The number of benzene rings is 1. The Balaban J connectivity index is 1.62. The Morgan fingerprint density at radius 3 is 2.89 bits per heavy atom. The van der Waals surface area contributed by atoms with Gasteiger partial charge in [-0.25, -0.2) is 9.18 Å². The quantitative estimate of drug-likeness (QED) is 0.856. The fourth-order valence-corrected chi connectivity index (χ4v) is 2.47. The van der Waals surface area contributed by atoms with Gasteiger partial charge in [0.05, 0.1) is 0 Å². The predicted molar refractivity (Wildman–Crippen MR) is 66.9 cm³/mol. The Morgan fingerprint density at radius 2 is 2.17 bits per heavy atom. The van der Waals surface area contributed by atoms with Gasteiger partial charge >= 0.3 is 6.03 Å². The highest BCUT2D eigenvalue weighted by atomic mass is 19.1. The molecule has 1 saturated heterocycles. The number of carbonyl (C=O) groups is 1. The Morgan fingerprint density at radius 1 is 1.33 bits per heavy atom. The van der Waals surface area contributed by atoms with E-state index in [9.17, 15) is 9.18 Å². The molecule has 2 amide bonds. The lowest BCUT2D eigenvalue weighted by Gasteiger charge is -2.17. The van der Waals surface area contributed by atoms with Crippen molar-refractivity contribution in [1.29, 1.82) is 0 Å². The highest BCUT2D eigenvalue weighted by Gasteiger charge is 2.30. The Bertz CT molecular complexity index is 459. The minimum atomic E-state index is -0.201. The summed E-state index contributed by atoms with van der Waals surface area (Å²) in [4.78, 5) is 13.7. The van der Waals surface area contributed by atoms with Crippen LogP contribution < -0.4 is 5.32 Å². The summed E-state index contributed by atoms with van der Waals surface area (Å²) in [5, 5.41) is 2.99. The number of halogens is 1. The number of likely N-dealkylation sites (tertiary alicyclic amines) is 1. The van der Waals surface area contributed by atoms with Gasteiger partial charge in [0.1, 0.15) is 5.82 Å². The first kappa shape index (κ1) is 11.5. The second-order valence-electron chi connectivity index (χ2n) is 5.21. The molecule has 96 valence electrons. The van der Waals surface area contributed by atoms with E-state index in [1.54, 1.807) is 12.1 Å². The van der Waals surface area contributed by atoms with Crippen molar-refractivity contribution in [2.75, 3.05) is 13.1 Å². The van der Waals surface area contributed by atoms with E-state index >= 15 is 0 Å². The van der Waals surface area contributed by atoms with Crippen molar-refractivity contribution in [3.63, 3.8) is 0 Å². The molecule has 1 aliphatic carbocycles. The van der Waals surface area contributed by atoms with Gasteiger partial charge < -0.3 is 10.2 Å². The molecule has 4 heteroatoms. The third-order valence-corrected chi connectivity index (χ3v) is 3.70. The lowest BCUT2D eigenvalue weighted by Crippen LogP contribution is -2.39. The van der Waals surface area contributed by atoms with Crippen molar-refractivity contribution in [3.8, 4) is 0 Å². The van der Waals surface area contributed by atoms with Gasteiger partial charge in [0.2, 0.25) is 0 Å². The van der Waals surface area contributed by atoms with Gasteiger partial charge in [0.15, 0.2) is 0 Å². The maximum absolute atomic E-state index is 13.2. The topological polar surface area (TPSA) is 32.3 Å². The van der Waals surface area contributed by atoms with Crippen molar-refractivity contribution in [3.05, 3.63) is 35.6 Å². The zero-order chi connectivity index (χ0) is 12.5. The summed E-state index contributed by atoms with van der Waals surface area (Å²) in [5.41, 5.74) is 0.997. The van der Waals surface area contributed by atoms with Crippen LogP contribution >= 0.6 is 0 Å². The molecule has 1 unspecified atom stereocenters. The van der Waals surface area contributed by atoms with Crippen LogP contribution in [0.1, 0.15) is 30.7 Å². The summed E-state index contributed by atoms with van der Waals surface area (Å²) >= 11 is 0. The van der Waals surface area contributed by atoms with Crippen LogP contribution in [0.5, 0.6) is 0 Å². The van der Waals surface area contributed by atoms with Crippen molar-refractivity contribution < 1.29 is 9.18 Å². The maximum atomic E-state index is 13.2. The molecule has 2 aliphatic rings. The molecule has 2 fully saturated rings. The van der Waals surface area contributed by atoms with E-state index in [4.69, 9.17) is 0 Å². The summed E-state index contributed by atoms with van der Waals surface area (Å²) in [7, 11) is 0. The minimum absolute atomic E-state index is 0.0383. The second kappa shape index (κ2) is 4.59. The monoisotopic (exact) mass is 248 g/mol. The molecule has 1 aromatic rings. The number of hydrogen-bond acceptors (Lipinski definition) is 1. The van der Waals surface area contributed by atoms with Gasteiger partial charge in [-0.05, 0) is 37.0 Å². The molecule has 0 spiro atoms. The predicted octanol–water partition coefficient (Wildman–Crippen LogP) is 2.49. The zero-order valence-electron chi connectivity index (χ0n) is 10.2. The third kappa shape index (κ3) is 2.47. The van der Waals surface area contributed by atoms with Gasteiger partial charge in [-0.3, -0.25) is 0 Å². The standard InChI is InChI=1S/C14H17FN2O/c15-12-3-1-2-10(8-12)11-6-7-17(9-11)14(18)16-13-4-5-13/h1-3,8,11,13H,4-7,9H2,(H,16,18). The third-order valence-electron chi connectivity index (χ3n) is 3.70. The number of nitrogens with one attached hydrogen (secondary N) is 1. The highest BCUT2D eigenvalue weighted by Crippen LogP contribution is 2.28. The first-order chi connectivity index (χ1) is 8.72. The first-order valence-corrected chi connectivity index (χ1v) is 6.53. The van der Waals surface area contributed by atoms with E-state index in [0.717, 1.165) is 31.4 Å². The molecule has 1 aliphatic heterocycles. The van der Waals surface area contributed by atoms with Gasteiger partial charge in [-0.15, -0.1) is 0 Å². The minimum Gasteiger partial charge on any atom is -0.335 e. The van der Waals surface area contributed by atoms with Crippen LogP contribution in [0.3, 0.4) is 0 Å². The molecule has 3 rings (SSSR count). The fourth-order valence-electron chi connectivity index (χ4n) is 2.47. The molecule has 18 heavy (non-hydrogen) atoms. The summed E-state index contributed by atoms with van der Waals surface area (Å²) in [5.74, 6) is 0.0686. The molecular weight excluding hydrogens is 231 g/mol. The Hall–Kier alpha value is -1.58. The number of rotatable bonds is 2. The zero-order valence-corrected chi connectivity index (χ0v) is 10.2. The molecule has 0 aromatic heterocycles. The van der Waals surface area contributed by atoms with E-state index in [1.807, 2.05) is 11.0 Å². The van der Waals surface area contributed by atoms with Gasteiger partial charge in [0, 0.05) is 25.0 Å². The summed E-state index contributed by atoms with van der Waals surface area (Å²) in [6.07, 6.45) is 3.13. The molecule has 1 saturated carbocycles. The Labute approximate surface area is 106 Å². The molecular formula is C14H17FN2O. The van der Waals surface area contributed by atoms with Crippen molar-refractivity contribution >= 4 is 6.03 Å². The normalized spacial score (nSPS) is 23.2. The smallest absolute Gasteiger partial charge is 0.317 e. The van der Waals surface area contributed by atoms with Crippen molar-refractivity contribution in [1.82, 2.24) is 10.2 Å². The highest BCUT2D eigenvalue weighted by molar-refractivity contribution is 5.75. The largest absolute Gasteiger partial charge is 0.335 e.